The van der Waals surface area contributed by atoms with Crippen LogP contribution in [0.2, 0.25) is 0 Å². The van der Waals surface area contributed by atoms with Crippen molar-refractivity contribution in [1.29, 1.82) is 0 Å². The quantitative estimate of drug-likeness (QED) is 0.486. The first-order valence-electron chi connectivity index (χ1n) is 14.6. The Morgan fingerprint density at radius 3 is 2.23 bits per heavy atom. The van der Waals surface area contributed by atoms with Crippen LogP contribution in [0.3, 0.4) is 0 Å². The fraction of sp³-hybridized carbons (Fsp3) is 0.576. The zero-order chi connectivity index (χ0) is 28.8. The summed E-state index contributed by atoms with van der Waals surface area (Å²) in [6.45, 7) is 9.90. The molecule has 1 aliphatic carbocycles. The van der Waals surface area contributed by atoms with E-state index >= 15 is 4.39 Å². The van der Waals surface area contributed by atoms with Gasteiger partial charge in [-0.2, -0.15) is 0 Å². The van der Waals surface area contributed by atoms with Gasteiger partial charge in [0.05, 0.1) is 13.0 Å². The number of nitrogens with zero attached hydrogens (tertiary/aromatic N) is 2. The van der Waals surface area contributed by atoms with E-state index in [0.717, 1.165) is 18.4 Å². The smallest absolute Gasteiger partial charge is 0.306 e. The highest BCUT2D eigenvalue weighted by atomic mass is 19.1. The fourth-order valence-electron chi connectivity index (χ4n) is 6.90. The van der Waals surface area contributed by atoms with Crippen LogP contribution in [-0.4, -0.2) is 71.3 Å². The Balaban J connectivity index is 1.32. The van der Waals surface area contributed by atoms with Crippen molar-refractivity contribution in [3.63, 3.8) is 0 Å². The molecule has 0 unspecified atom stereocenters. The van der Waals surface area contributed by atoms with Gasteiger partial charge in [-0.05, 0) is 94.0 Å². The molecule has 2 saturated heterocycles. The van der Waals surface area contributed by atoms with E-state index in [9.17, 15) is 14.7 Å². The number of amides is 1. The molecule has 2 aliphatic heterocycles. The molecule has 2 aromatic carbocycles. The number of carboxylic acids is 1. The number of alkyl halides is 1. The van der Waals surface area contributed by atoms with E-state index in [0.29, 0.717) is 38.2 Å². The molecular formula is C33H43FN2O4. The predicted octanol–water partition coefficient (Wildman–Crippen LogP) is 5.89. The molecule has 1 amide bonds. The van der Waals surface area contributed by atoms with E-state index in [2.05, 4.69) is 50.8 Å². The van der Waals surface area contributed by atoms with Crippen LogP contribution >= 0.6 is 0 Å². The first kappa shape index (κ1) is 28.6. The molecule has 3 aliphatic rings. The Bertz CT molecular complexity index is 1240. The number of halogens is 1. The van der Waals surface area contributed by atoms with Crippen LogP contribution in [-0.2, 0) is 9.59 Å². The van der Waals surface area contributed by atoms with E-state index in [1.165, 1.54) is 16.7 Å². The first-order valence-corrected chi connectivity index (χ1v) is 14.6. The molecule has 3 fully saturated rings. The largest absolute Gasteiger partial charge is 0.497 e. The second kappa shape index (κ2) is 10.8. The molecule has 7 heteroatoms. The second-order valence-electron chi connectivity index (χ2n) is 13.1. The van der Waals surface area contributed by atoms with Crippen LogP contribution in [0.15, 0.2) is 42.5 Å². The van der Waals surface area contributed by atoms with Gasteiger partial charge < -0.3 is 14.7 Å². The maximum atomic E-state index is 17.1. The van der Waals surface area contributed by atoms with Gasteiger partial charge in [0.15, 0.2) is 0 Å². The standard InChI is InChI=1S/C33H43FN2O4/c1-21-6-11-27(28(16-21)24-17-25(18-24)30(37)38)22-12-14-35(15-13-22)31(39)33(34)20-36(32(2,3)4)19-29(33)23-7-9-26(40-5)10-8-23/h6-11,16,22,24-25,29H,12-15,17-20H2,1-5H3,(H,37,38)/t24?,25?,29-,33-/m0/s1. The van der Waals surface area contributed by atoms with E-state index in [4.69, 9.17) is 4.74 Å². The van der Waals surface area contributed by atoms with Crippen LogP contribution in [0.4, 0.5) is 4.39 Å². The molecule has 2 heterocycles. The summed E-state index contributed by atoms with van der Waals surface area (Å²) in [7, 11) is 1.61. The second-order valence-corrected chi connectivity index (χ2v) is 13.1. The lowest BCUT2D eigenvalue weighted by atomic mass is 9.68. The van der Waals surface area contributed by atoms with Gasteiger partial charge in [0.2, 0.25) is 5.67 Å². The van der Waals surface area contributed by atoms with Crippen LogP contribution in [0.25, 0.3) is 0 Å². The van der Waals surface area contributed by atoms with Gasteiger partial charge in [0, 0.05) is 37.6 Å². The average molecular weight is 551 g/mol. The van der Waals surface area contributed by atoms with Crippen LogP contribution in [0, 0.1) is 12.8 Å². The van der Waals surface area contributed by atoms with Crippen molar-refractivity contribution in [1.82, 2.24) is 9.80 Å². The van der Waals surface area contributed by atoms with Crippen molar-refractivity contribution in [2.75, 3.05) is 33.3 Å². The molecule has 1 saturated carbocycles. The van der Waals surface area contributed by atoms with Gasteiger partial charge in [0.1, 0.15) is 5.75 Å². The lowest BCUT2D eigenvalue weighted by molar-refractivity contribution is -0.146. The van der Waals surface area contributed by atoms with Crippen molar-refractivity contribution in [3.8, 4) is 5.75 Å². The Morgan fingerprint density at radius 1 is 1.00 bits per heavy atom. The van der Waals surface area contributed by atoms with Crippen molar-refractivity contribution >= 4 is 11.9 Å². The number of carbonyl (C=O) groups is 2. The summed E-state index contributed by atoms with van der Waals surface area (Å²) in [5, 5.41) is 9.36. The Morgan fingerprint density at radius 2 is 1.65 bits per heavy atom. The number of hydrogen-bond acceptors (Lipinski definition) is 4. The summed E-state index contributed by atoms with van der Waals surface area (Å²) in [5.41, 5.74) is 2.29. The molecule has 2 aromatic rings. The first-order chi connectivity index (χ1) is 18.9. The fourth-order valence-corrected chi connectivity index (χ4v) is 6.90. The molecule has 216 valence electrons. The van der Waals surface area contributed by atoms with Gasteiger partial charge in [-0.1, -0.05) is 35.9 Å². The monoisotopic (exact) mass is 550 g/mol. The Kier molecular flexibility index (Phi) is 7.73. The summed E-state index contributed by atoms with van der Waals surface area (Å²) in [6.07, 6.45) is 2.93. The van der Waals surface area contributed by atoms with Crippen LogP contribution in [0.1, 0.15) is 86.5 Å². The number of hydrogen-bond donors (Lipinski definition) is 1. The van der Waals surface area contributed by atoms with E-state index in [-0.39, 0.29) is 29.8 Å². The number of rotatable bonds is 6. The van der Waals surface area contributed by atoms with Crippen LogP contribution < -0.4 is 4.74 Å². The molecule has 6 nitrogen and oxygen atoms in total. The Labute approximate surface area is 237 Å². The molecule has 0 aromatic heterocycles. The third-order valence-electron chi connectivity index (χ3n) is 9.59. The van der Waals surface area contributed by atoms with E-state index in [1.54, 1.807) is 12.0 Å². The van der Waals surface area contributed by atoms with Gasteiger partial charge in [-0.15, -0.1) is 0 Å². The summed E-state index contributed by atoms with van der Waals surface area (Å²) >= 11 is 0. The van der Waals surface area contributed by atoms with Gasteiger partial charge in [0.25, 0.3) is 5.91 Å². The number of carbonyl (C=O) groups excluding carboxylic acids is 1. The van der Waals surface area contributed by atoms with Crippen LogP contribution in [0.5, 0.6) is 5.75 Å². The average Bonchev–Trinajstić information content (AvgIpc) is 3.27. The summed E-state index contributed by atoms with van der Waals surface area (Å²) in [6, 6.07) is 14.0. The van der Waals surface area contributed by atoms with Crippen molar-refractivity contribution in [3.05, 3.63) is 64.7 Å². The molecule has 2 atom stereocenters. The number of carboxylic acid groups (broad SMARTS) is 1. The maximum Gasteiger partial charge on any atom is 0.306 e. The highest BCUT2D eigenvalue weighted by Crippen LogP contribution is 2.47. The number of aryl methyl sites for hydroxylation is 1. The third kappa shape index (κ3) is 5.37. The molecule has 0 bridgehead atoms. The predicted molar refractivity (Wildman–Crippen MR) is 154 cm³/mol. The zero-order valence-corrected chi connectivity index (χ0v) is 24.5. The van der Waals surface area contributed by atoms with E-state index in [1.807, 2.05) is 24.3 Å². The zero-order valence-electron chi connectivity index (χ0n) is 24.5. The topological polar surface area (TPSA) is 70.1 Å². The lowest BCUT2D eigenvalue weighted by Crippen LogP contribution is -2.53. The number of likely N-dealkylation sites (tertiary alicyclic amines) is 2. The number of benzene rings is 2. The maximum absolute atomic E-state index is 17.1. The minimum absolute atomic E-state index is 0.0838. The summed E-state index contributed by atoms with van der Waals surface area (Å²) < 4.78 is 22.4. The summed E-state index contributed by atoms with van der Waals surface area (Å²) in [5.74, 6) is -0.636. The molecule has 0 radical (unpaired) electrons. The number of ether oxygens (including phenoxy) is 1. The molecular weight excluding hydrogens is 507 g/mol. The summed E-state index contributed by atoms with van der Waals surface area (Å²) in [4.78, 5) is 29.2. The molecule has 0 spiro atoms. The van der Waals surface area contributed by atoms with Crippen molar-refractivity contribution in [2.45, 2.75) is 82.3 Å². The van der Waals surface area contributed by atoms with Gasteiger partial charge in [-0.3, -0.25) is 14.5 Å². The van der Waals surface area contributed by atoms with E-state index < -0.39 is 23.5 Å². The molecule has 5 rings (SSSR count). The van der Waals surface area contributed by atoms with Crippen molar-refractivity contribution < 1.29 is 23.8 Å². The highest BCUT2D eigenvalue weighted by molar-refractivity contribution is 5.87. The SMILES string of the molecule is COc1ccc([C@@H]2CN(C(C)(C)C)C[C@@]2(F)C(=O)N2CCC(c3ccc(C)cc3C3CC(C(=O)O)C3)CC2)cc1. The lowest BCUT2D eigenvalue weighted by Gasteiger charge is -2.39. The molecule has 1 N–H and O–H groups in total. The van der Waals surface area contributed by atoms with Crippen molar-refractivity contribution in [2.24, 2.45) is 5.92 Å². The number of piperidine rings is 1. The van der Waals surface area contributed by atoms with Gasteiger partial charge in [-0.25, -0.2) is 4.39 Å². The number of methoxy groups -OCH3 is 1. The minimum Gasteiger partial charge on any atom is -0.497 e. The minimum atomic E-state index is -2.00. The Hall–Kier alpha value is -2.93. The highest BCUT2D eigenvalue weighted by Gasteiger charge is 2.57. The number of aliphatic carboxylic acids is 1. The van der Waals surface area contributed by atoms with Gasteiger partial charge >= 0.3 is 5.97 Å². The molecule has 40 heavy (non-hydrogen) atoms. The normalized spacial score (nSPS) is 27.9. The third-order valence-corrected chi connectivity index (χ3v) is 9.59.